The molecule has 0 bridgehead atoms. The number of imide groups is 1. The molecule has 8 heteroatoms. The molecule has 0 unspecified atom stereocenters. The number of thioether (sulfide) groups is 1. The number of carbonyl (C=O) groups is 2. The van der Waals surface area contributed by atoms with Crippen LogP contribution in [0, 0.1) is 12.8 Å². The van der Waals surface area contributed by atoms with Crippen molar-refractivity contribution >= 4 is 34.6 Å². The van der Waals surface area contributed by atoms with E-state index < -0.39 is 17.2 Å². The van der Waals surface area contributed by atoms with Crippen molar-refractivity contribution < 1.29 is 9.59 Å². The van der Waals surface area contributed by atoms with Crippen molar-refractivity contribution in [1.29, 1.82) is 0 Å². The van der Waals surface area contributed by atoms with Gasteiger partial charge in [-0.3, -0.25) is 19.5 Å². The molecule has 3 N–H and O–H groups in total. The molecule has 3 aromatic rings. The fourth-order valence-corrected chi connectivity index (χ4v) is 4.02. The van der Waals surface area contributed by atoms with Crippen molar-refractivity contribution in [3.05, 3.63) is 64.4 Å². The van der Waals surface area contributed by atoms with Crippen molar-refractivity contribution in [2.45, 2.75) is 31.2 Å². The van der Waals surface area contributed by atoms with Crippen LogP contribution >= 0.6 is 11.8 Å². The maximum absolute atomic E-state index is 13.3. The van der Waals surface area contributed by atoms with Crippen LogP contribution in [-0.2, 0) is 4.79 Å². The summed E-state index contributed by atoms with van der Waals surface area (Å²) in [7, 11) is 0. The Labute approximate surface area is 172 Å². The van der Waals surface area contributed by atoms with E-state index in [1.807, 2.05) is 45.0 Å². The van der Waals surface area contributed by atoms with Gasteiger partial charge in [-0.1, -0.05) is 55.4 Å². The zero-order chi connectivity index (χ0) is 21.1. The molecule has 2 aromatic carbocycles. The van der Waals surface area contributed by atoms with E-state index >= 15 is 0 Å². The highest BCUT2D eigenvalue weighted by Gasteiger charge is 2.27. The molecule has 0 aliphatic carbocycles. The van der Waals surface area contributed by atoms with Crippen LogP contribution in [0.15, 0.2) is 58.5 Å². The number of primary amides is 1. The lowest BCUT2D eigenvalue weighted by molar-refractivity contribution is -0.120. The molecule has 1 heterocycles. The first-order chi connectivity index (χ1) is 13.8. The molecular formula is C21H22N4O3S. The SMILES string of the molecule is Cc1ccc(-n2c(S[C@H](C(=O)NC(N)=O)C(C)C)nc3ccccc3c2=O)cc1. The van der Waals surface area contributed by atoms with Crippen LogP contribution in [0.5, 0.6) is 0 Å². The van der Waals surface area contributed by atoms with E-state index in [1.165, 1.54) is 4.57 Å². The number of para-hydroxylation sites is 1. The zero-order valence-corrected chi connectivity index (χ0v) is 17.2. The summed E-state index contributed by atoms with van der Waals surface area (Å²) in [5.41, 5.74) is 7.14. The summed E-state index contributed by atoms with van der Waals surface area (Å²) in [6.07, 6.45) is 0. The molecule has 3 amide bonds. The fourth-order valence-electron chi connectivity index (χ4n) is 2.91. The van der Waals surface area contributed by atoms with Gasteiger partial charge in [-0.05, 0) is 37.1 Å². The van der Waals surface area contributed by atoms with E-state index in [-0.39, 0.29) is 11.5 Å². The number of rotatable bonds is 5. The summed E-state index contributed by atoms with van der Waals surface area (Å²) in [6, 6.07) is 13.7. The quantitative estimate of drug-likeness (QED) is 0.497. The Morgan fingerprint density at radius 3 is 2.38 bits per heavy atom. The predicted molar refractivity (Wildman–Crippen MR) is 114 cm³/mol. The summed E-state index contributed by atoms with van der Waals surface area (Å²) in [4.78, 5) is 41.6. The topological polar surface area (TPSA) is 107 Å². The molecule has 7 nitrogen and oxygen atoms in total. The maximum atomic E-state index is 13.3. The lowest BCUT2D eigenvalue weighted by Gasteiger charge is -2.21. The Morgan fingerprint density at radius 2 is 1.76 bits per heavy atom. The van der Waals surface area contributed by atoms with Crippen LogP contribution in [0.2, 0.25) is 0 Å². The third-order valence-corrected chi connectivity index (χ3v) is 5.88. The van der Waals surface area contributed by atoms with Gasteiger partial charge in [-0.25, -0.2) is 9.78 Å². The first-order valence-electron chi connectivity index (χ1n) is 9.13. The molecule has 0 aliphatic heterocycles. The second-order valence-electron chi connectivity index (χ2n) is 7.02. The second kappa shape index (κ2) is 8.48. The van der Waals surface area contributed by atoms with Crippen molar-refractivity contribution in [3.63, 3.8) is 0 Å². The molecule has 29 heavy (non-hydrogen) atoms. The van der Waals surface area contributed by atoms with Gasteiger partial charge in [-0.15, -0.1) is 0 Å². The lowest BCUT2D eigenvalue weighted by Crippen LogP contribution is -2.42. The summed E-state index contributed by atoms with van der Waals surface area (Å²) < 4.78 is 1.50. The number of amides is 3. The molecule has 0 saturated heterocycles. The van der Waals surface area contributed by atoms with E-state index in [1.54, 1.807) is 24.3 Å². The minimum absolute atomic E-state index is 0.130. The van der Waals surface area contributed by atoms with Crippen LogP contribution in [0.25, 0.3) is 16.6 Å². The van der Waals surface area contributed by atoms with Gasteiger partial charge in [0.2, 0.25) is 5.91 Å². The summed E-state index contributed by atoms with van der Waals surface area (Å²) >= 11 is 1.13. The fraction of sp³-hybridized carbons (Fsp3) is 0.238. The smallest absolute Gasteiger partial charge is 0.318 e. The van der Waals surface area contributed by atoms with Crippen LogP contribution < -0.4 is 16.6 Å². The van der Waals surface area contributed by atoms with Gasteiger partial charge in [-0.2, -0.15) is 0 Å². The number of nitrogens with one attached hydrogen (secondary N) is 1. The van der Waals surface area contributed by atoms with Crippen molar-refractivity contribution in [2.24, 2.45) is 11.7 Å². The highest BCUT2D eigenvalue weighted by molar-refractivity contribution is 8.00. The second-order valence-corrected chi connectivity index (χ2v) is 8.13. The average molecular weight is 410 g/mol. The molecule has 0 fully saturated rings. The Kier molecular flexibility index (Phi) is 6.03. The molecular weight excluding hydrogens is 388 g/mol. The molecule has 1 atom stereocenters. The average Bonchev–Trinajstić information content (AvgIpc) is 2.66. The molecule has 0 saturated carbocycles. The standard InChI is InChI=1S/C21H22N4O3S/c1-12(2)17(18(26)24-20(22)28)29-21-23-16-7-5-4-6-15(16)19(27)25(21)14-10-8-13(3)9-11-14/h4-12,17H,1-3H3,(H3,22,24,26,28)/t17-/m0/s1. The Balaban J connectivity index is 2.18. The van der Waals surface area contributed by atoms with Crippen LogP contribution in [0.1, 0.15) is 19.4 Å². The van der Waals surface area contributed by atoms with Gasteiger partial charge >= 0.3 is 6.03 Å². The molecule has 1 aromatic heterocycles. The number of hydrogen-bond acceptors (Lipinski definition) is 5. The maximum Gasteiger partial charge on any atom is 0.318 e. The van der Waals surface area contributed by atoms with Gasteiger partial charge in [0.1, 0.15) is 0 Å². The number of hydrogen-bond donors (Lipinski definition) is 2. The van der Waals surface area contributed by atoms with E-state index in [9.17, 15) is 14.4 Å². The lowest BCUT2D eigenvalue weighted by atomic mass is 10.1. The number of nitrogens with two attached hydrogens (primary N) is 1. The molecule has 0 spiro atoms. The highest BCUT2D eigenvalue weighted by Crippen LogP contribution is 2.29. The summed E-state index contributed by atoms with van der Waals surface area (Å²) in [6.45, 7) is 5.67. The zero-order valence-electron chi connectivity index (χ0n) is 16.4. The number of nitrogens with zero attached hydrogens (tertiary/aromatic N) is 2. The predicted octanol–water partition coefficient (Wildman–Crippen LogP) is 3.01. The van der Waals surface area contributed by atoms with Crippen LogP contribution in [0.3, 0.4) is 0 Å². The van der Waals surface area contributed by atoms with E-state index in [4.69, 9.17) is 5.73 Å². The largest absolute Gasteiger partial charge is 0.351 e. The van der Waals surface area contributed by atoms with Gasteiger partial charge in [0.05, 0.1) is 21.8 Å². The first kappa shape index (κ1) is 20.6. The van der Waals surface area contributed by atoms with Crippen molar-refractivity contribution in [1.82, 2.24) is 14.9 Å². The van der Waals surface area contributed by atoms with Gasteiger partial charge < -0.3 is 5.73 Å². The molecule has 0 radical (unpaired) electrons. The number of urea groups is 1. The van der Waals surface area contributed by atoms with E-state index in [0.717, 1.165) is 17.3 Å². The highest BCUT2D eigenvalue weighted by atomic mass is 32.2. The molecule has 0 aliphatic rings. The Hall–Kier alpha value is -3.13. The molecule has 150 valence electrons. The van der Waals surface area contributed by atoms with Gasteiger partial charge in [0.15, 0.2) is 5.16 Å². The minimum Gasteiger partial charge on any atom is -0.351 e. The Morgan fingerprint density at radius 1 is 1.10 bits per heavy atom. The van der Waals surface area contributed by atoms with Crippen molar-refractivity contribution in [2.75, 3.05) is 0 Å². The number of aryl methyl sites for hydroxylation is 1. The number of fused-ring (bicyclic) bond motifs is 1. The first-order valence-corrected chi connectivity index (χ1v) is 10.0. The van der Waals surface area contributed by atoms with E-state index in [2.05, 4.69) is 10.3 Å². The number of aromatic nitrogens is 2. The van der Waals surface area contributed by atoms with Crippen LogP contribution in [0.4, 0.5) is 4.79 Å². The third kappa shape index (κ3) is 4.48. The summed E-state index contributed by atoms with van der Waals surface area (Å²) in [5, 5.41) is 2.32. The molecule has 3 rings (SSSR count). The normalized spacial score (nSPS) is 12.1. The van der Waals surface area contributed by atoms with Gasteiger partial charge in [0, 0.05) is 0 Å². The Bertz CT molecular complexity index is 1120. The van der Waals surface area contributed by atoms with Crippen LogP contribution in [-0.4, -0.2) is 26.7 Å². The minimum atomic E-state index is -0.913. The summed E-state index contributed by atoms with van der Waals surface area (Å²) in [5.74, 6) is -0.649. The van der Waals surface area contributed by atoms with E-state index in [0.29, 0.717) is 21.7 Å². The number of carbonyl (C=O) groups excluding carboxylic acids is 2. The van der Waals surface area contributed by atoms with Gasteiger partial charge in [0.25, 0.3) is 5.56 Å². The third-order valence-electron chi connectivity index (χ3n) is 4.38. The number of benzene rings is 2. The van der Waals surface area contributed by atoms with Crippen molar-refractivity contribution in [3.8, 4) is 5.69 Å². The monoisotopic (exact) mass is 410 g/mol.